The zero-order valence-electron chi connectivity index (χ0n) is 12.4. The molecule has 0 aliphatic carbocycles. The topological polar surface area (TPSA) is 67.8 Å². The lowest BCUT2D eigenvalue weighted by Crippen LogP contribution is -2.30. The molecular weight excluding hydrogens is 402 g/mol. The number of halogens is 7. The molecule has 0 unspecified atom stereocenters. The molecule has 1 rings (SSSR count). The number of hydrogen-bond donors (Lipinski definition) is 1. The Labute approximate surface area is 143 Å². The summed E-state index contributed by atoms with van der Waals surface area (Å²) >= 11 is 5.71. The molecule has 1 aromatic rings. The number of anilines is 1. The number of oxime groups is 1. The minimum atomic E-state index is -5.74. The third kappa shape index (κ3) is 6.27. The summed E-state index contributed by atoms with van der Waals surface area (Å²) in [6.07, 6.45) is -4.74. The van der Waals surface area contributed by atoms with E-state index in [1.807, 2.05) is 0 Å². The maximum Gasteiger partial charge on any atom is 0.516 e. The molecule has 0 saturated carbocycles. The van der Waals surface area contributed by atoms with Crippen molar-refractivity contribution < 1.29 is 39.6 Å². The minimum Gasteiger partial charge on any atom is -0.386 e. The normalized spacial score (nSPS) is 13.7. The van der Waals surface area contributed by atoms with E-state index in [9.17, 15) is 34.8 Å². The molecule has 1 N–H and O–H groups in total. The van der Waals surface area contributed by atoms with E-state index in [2.05, 4.69) is 9.99 Å². The van der Waals surface area contributed by atoms with E-state index in [0.717, 1.165) is 18.2 Å². The lowest BCUT2D eigenvalue weighted by molar-refractivity contribution is -0.173. The van der Waals surface area contributed by atoms with Gasteiger partial charge in [0.05, 0.1) is 11.4 Å². The first-order valence-electron chi connectivity index (χ1n) is 6.41. The fourth-order valence-corrected chi connectivity index (χ4v) is 2.29. The van der Waals surface area contributed by atoms with Crippen LogP contribution in [0.2, 0.25) is 5.02 Å². The molecular formula is C12H11ClF6N2O3S. The fourth-order valence-electron chi connectivity index (χ4n) is 1.53. The third-order valence-electron chi connectivity index (χ3n) is 2.58. The quantitative estimate of drug-likeness (QED) is 0.430. The van der Waals surface area contributed by atoms with E-state index in [1.165, 1.54) is 11.6 Å². The van der Waals surface area contributed by atoms with Crippen LogP contribution in [0.5, 0.6) is 0 Å². The van der Waals surface area contributed by atoms with Crippen molar-refractivity contribution in [2.24, 2.45) is 5.16 Å². The number of rotatable bonds is 6. The molecule has 0 aliphatic rings. The van der Waals surface area contributed by atoms with Crippen molar-refractivity contribution in [3.63, 3.8) is 0 Å². The Morgan fingerprint density at radius 2 is 1.84 bits per heavy atom. The Hall–Kier alpha value is -1.69. The molecule has 25 heavy (non-hydrogen) atoms. The van der Waals surface area contributed by atoms with Crippen LogP contribution in [0.3, 0.4) is 0 Å². The third-order valence-corrected chi connectivity index (χ3v) is 3.91. The summed E-state index contributed by atoms with van der Waals surface area (Å²) in [7, 11) is -5.74. The molecule has 0 saturated heterocycles. The van der Waals surface area contributed by atoms with Gasteiger partial charge in [0.1, 0.15) is 0 Å². The first kappa shape index (κ1) is 21.4. The van der Waals surface area contributed by atoms with Gasteiger partial charge >= 0.3 is 21.7 Å². The monoisotopic (exact) mass is 412 g/mol. The Morgan fingerprint density at radius 3 is 2.32 bits per heavy atom. The predicted octanol–water partition coefficient (Wildman–Crippen LogP) is 4.29. The van der Waals surface area contributed by atoms with Gasteiger partial charge in [-0.3, -0.25) is 4.72 Å². The molecule has 142 valence electrons. The Bertz CT molecular complexity index is 746. The van der Waals surface area contributed by atoms with Crippen LogP contribution >= 0.6 is 11.6 Å². The van der Waals surface area contributed by atoms with Gasteiger partial charge in [0.2, 0.25) is 6.61 Å². The summed E-state index contributed by atoms with van der Waals surface area (Å²) in [4.78, 5) is 4.12. The second-order valence-corrected chi connectivity index (χ2v) is 6.63. The van der Waals surface area contributed by atoms with Gasteiger partial charge in [-0.1, -0.05) is 23.7 Å². The molecule has 13 heteroatoms. The number of alkyl halides is 6. The molecule has 0 radical (unpaired) electrons. The zero-order chi connectivity index (χ0) is 19.5. The minimum absolute atomic E-state index is 0.00179. The SMILES string of the molecule is CC/C(=N\OCC(F)(F)F)c1cc(Cl)ccc1NS(=O)(=O)C(F)(F)F. The van der Waals surface area contributed by atoms with E-state index in [0.29, 0.717) is 0 Å². The van der Waals surface area contributed by atoms with Gasteiger partial charge in [-0.2, -0.15) is 34.8 Å². The fraction of sp³-hybridized carbons (Fsp3) is 0.417. The zero-order valence-corrected chi connectivity index (χ0v) is 13.9. The van der Waals surface area contributed by atoms with E-state index < -0.39 is 34.0 Å². The Balaban J connectivity index is 3.25. The molecule has 1 aromatic carbocycles. The van der Waals surface area contributed by atoms with Crippen molar-refractivity contribution in [1.82, 2.24) is 0 Å². The highest BCUT2D eigenvalue weighted by molar-refractivity contribution is 7.93. The van der Waals surface area contributed by atoms with Crippen LogP contribution in [0.1, 0.15) is 18.9 Å². The second-order valence-electron chi connectivity index (χ2n) is 4.52. The summed E-state index contributed by atoms with van der Waals surface area (Å²) in [5.74, 6) is 0. The lowest BCUT2D eigenvalue weighted by atomic mass is 10.1. The van der Waals surface area contributed by atoms with Crippen LogP contribution < -0.4 is 4.72 Å². The predicted molar refractivity (Wildman–Crippen MR) is 78.9 cm³/mol. The molecule has 0 bridgehead atoms. The Kier molecular flexibility index (Phi) is 6.56. The maximum absolute atomic E-state index is 12.5. The molecule has 0 spiro atoms. The average molecular weight is 413 g/mol. The largest absolute Gasteiger partial charge is 0.516 e. The number of nitrogens with one attached hydrogen (secondary N) is 1. The smallest absolute Gasteiger partial charge is 0.386 e. The summed E-state index contributed by atoms with van der Waals surface area (Å²) in [6.45, 7) is -0.292. The number of benzene rings is 1. The van der Waals surface area contributed by atoms with Crippen LogP contribution in [0.25, 0.3) is 0 Å². The highest BCUT2D eigenvalue weighted by atomic mass is 35.5. The summed E-state index contributed by atoms with van der Waals surface area (Å²) in [6, 6.07) is 3.08. The second kappa shape index (κ2) is 7.68. The Morgan fingerprint density at radius 1 is 1.24 bits per heavy atom. The number of hydrogen-bond acceptors (Lipinski definition) is 4. The van der Waals surface area contributed by atoms with Gasteiger partial charge in [0, 0.05) is 10.6 Å². The molecule has 5 nitrogen and oxygen atoms in total. The average Bonchev–Trinajstić information content (AvgIpc) is 2.43. The molecule has 0 aliphatic heterocycles. The summed E-state index contributed by atoms with van der Waals surface area (Å²) in [5, 5.41) is 3.22. The van der Waals surface area contributed by atoms with Crippen molar-refractivity contribution in [2.45, 2.75) is 25.0 Å². The highest BCUT2D eigenvalue weighted by Crippen LogP contribution is 2.29. The van der Waals surface area contributed by atoms with Gasteiger partial charge in [-0.15, -0.1) is 0 Å². The van der Waals surface area contributed by atoms with E-state index in [-0.39, 0.29) is 22.7 Å². The van der Waals surface area contributed by atoms with Crippen molar-refractivity contribution >= 4 is 33.0 Å². The van der Waals surface area contributed by atoms with Crippen LogP contribution in [-0.2, 0) is 14.9 Å². The van der Waals surface area contributed by atoms with Crippen LogP contribution in [0, 0.1) is 0 Å². The van der Waals surface area contributed by atoms with Gasteiger partial charge < -0.3 is 4.84 Å². The molecule has 0 atom stereocenters. The molecule has 0 fully saturated rings. The maximum atomic E-state index is 12.5. The van der Waals surface area contributed by atoms with Crippen LogP contribution in [0.15, 0.2) is 23.4 Å². The van der Waals surface area contributed by atoms with E-state index >= 15 is 0 Å². The molecule has 0 heterocycles. The van der Waals surface area contributed by atoms with E-state index in [4.69, 9.17) is 11.6 Å². The van der Waals surface area contributed by atoms with Crippen molar-refractivity contribution in [2.75, 3.05) is 11.3 Å². The van der Waals surface area contributed by atoms with Crippen LogP contribution in [-0.4, -0.2) is 32.4 Å². The highest BCUT2D eigenvalue weighted by Gasteiger charge is 2.46. The van der Waals surface area contributed by atoms with Crippen molar-refractivity contribution in [1.29, 1.82) is 0 Å². The first-order valence-corrected chi connectivity index (χ1v) is 8.27. The van der Waals surface area contributed by atoms with Gasteiger partial charge in [0.25, 0.3) is 0 Å². The standard InChI is InChI=1S/C12H11ClF6N2O3S/c1-2-9(20-24-6-11(14,15)16)8-5-7(13)3-4-10(8)21-25(22,23)12(17,18)19/h3-5,21H,2,6H2,1H3/b20-9+. The molecule has 0 amide bonds. The van der Waals surface area contributed by atoms with E-state index in [1.54, 1.807) is 0 Å². The number of nitrogens with zero attached hydrogens (tertiary/aromatic N) is 1. The van der Waals surface area contributed by atoms with Gasteiger partial charge in [0.15, 0.2) is 0 Å². The molecule has 0 aromatic heterocycles. The van der Waals surface area contributed by atoms with Crippen molar-refractivity contribution in [3.8, 4) is 0 Å². The van der Waals surface area contributed by atoms with Gasteiger partial charge in [-0.25, -0.2) is 0 Å². The summed E-state index contributed by atoms with van der Waals surface area (Å²) in [5.41, 5.74) is -6.62. The van der Waals surface area contributed by atoms with Crippen LogP contribution in [0.4, 0.5) is 32.0 Å². The summed E-state index contributed by atoms with van der Waals surface area (Å²) < 4.78 is 97.5. The van der Waals surface area contributed by atoms with Crippen molar-refractivity contribution in [3.05, 3.63) is 28.8 Å². The first-order chi connectivity index (χ1) is 11.3. The lowest BCUT2D eigenvalue weighted by Gasteiger charge is -2.15. The van der Waals surface area contributed by atoms with Gasteiger partial charge in [-0.05, 0) is 24.6 Å². The number of sulfonamides is 1.